The summed E-state index contributed by atoms with van der Waals surface area (Å²) < 4.78 is 0. The molecule has 0 atom stereocenters. The number of anilines is 1. The smallest absolute Gasteiger partial charge is 0.253 e. The summed E-state index contributed by atoms with van der Waals surface area (Å²) in [5.41, 5.74) is 3.25. The highest BCUT2D eigenvalue weighted by molar-refractivity contribution is 5.94. The highest BCUT2D eigenvalue weighted by Gasteiger charge is 2.35. The first kappa shape index (κ1) is 20.9. The maximum Gasteiger partial charge on any atom is 0.253 e. The van der Waals surface area contributed by atoms with Crippen LogP contribution in [0.25, 0.3) is 0 Å². The second-order valence-electron chi connectivity index (χ2n) is 9.03. The van der Waals surface area contributed by atoms with Crippen LogP contribution >= 0.6 is 0 Å². The Morgan fingerprint density at radius 2 is 1.53 bits per heavy atom. The molecule has 2 aliphatic heterocycles. The molecule has 1 N–H and O–H groups in total. The van der Waals surface area contributed by atoms with E-state index in [0.29, 0.717) is 0 Å². The van der Waals surface area contributed by atoms with Crippen molar-refractivity contribution in [3.8, 4) is 0 Å². The summed E-state index contributed by atoms with van der Waals surface area (Å²) in [5.74, 6) is 0.120. The predicted octanol–water partition coefficient (Wildman–Crippen LogP) is 4.52. The Morgan fingerprint density at radius 1 is 0.867 bits per heavy atom. The molecule has 2 heterocycles. The molecular weight excluding hydrogens is 372 g/mol. The lowest BCUT2D eigenvalue weighted by Gasteiger charge is -2.41. The number of likely N-dealkylation sites (tertiary alicyclic amines) is 1. The third-order valence-electron chi connectivity index (χ3n) is 7.07. The van der Waals surface area contributed by atoms with Crippen LogP contribution in [0.15, 0.2) is 54.6 Å². The first-order valence-electron chi connectivity index (χ1n) is 11.5. The molecule has 4 rings (SSSR count). The van der Waals surface area contributed by atoms with Crippen molar-refractivity contribution in [2.75, 3.05) is 37.7 Å². The van der Waals surface area contributed by atoms with E-state index in [1.165, 1.54) is 30.5 Å². The topological polar surface area (TPSA) is 43.8 Å². The van der Waals surface area contributed by atoms with Gasteiger partial charge in [-0.05, 0) is 80.2 Å². The number of amides is 1. The third kappa shape index (κ3) is 4.86. The molecule has 2 aliphatic rings. The van der Waals surface area contributed by atoms with Gasteiger partial charge in [-0.25, -0.2) is 0 Å². The van der Waals surface area contributed by atoms with E-state index >= 15 is 0 Å². The van der Waals surface area contributed by atoms with Crippen molar-refractivity contribution in [3.63, 3.8) is 0 Å². The zero-order valence-corrected chi connectivity index (χ0v) is 17.9. The molecule has 4 heteroatoms. The fraction of sp³-hybridized carbons (Fsp3) is 0.500. The van der Waals surface area contributed by atoms with Gasteiger partial charge < -0.3 is 14.9 Å². The van der Waals surface area contributed by atoms with Crippen LogP contribution in [0.2, 0.25) is 0 Å². The minimum absolute atomic E-state index is 0.0647. The van der Waals surface area contributed by atoms with Crippen molar-refractivity contribution < 1.29 is 9.90 Å². The SMILES string of the molecule is O=C(c1ccc(N2CCCCC2)cc1)N1CCC(CO)(CCc2ccccc2)CC1. The van der Waals surface area contributed by atoms with Crippen LogP contribution in [-0.4, -0.2) is 48.7 Å². The van der Waals surface area contributed by atoms with Crippen LogP contribution < -0.4 is 4.90 Å². The van der Waals surface area contributed by atoms with Crippen LogP contribution in [0.5, 0.6) is 0 Å². The monoisotopic (exact) mass is 406 g/mol. The number of rotatable bonds is 6. The molecule has 0 aromatic heterocycles. The molecule has 0 aliphatic carbocycles. The average molecular weight is 407 g/mol. The highest BCUT2D eigenvalue weighted by atomic mass is 16.3. The van der Waals surface area contributed by atoms with Gasteiger partial charge in [0, 0.05) is 44.0 Å². The maximum atomic E-state index is 13.0. The molecule has 0 unspecified atom stereocenters. The fourth-order valence-corrected chi connectivity index (χ4v) is 4.88. The van der Waals surface area contributed by atoms with Crippen molar-refractivity contribution in [2.45, 2.75) is 44.9 Å². The van der Waals surface area contributed by atoms with Gasteiger partial charge in [-0.15, -0.1) is 0 Å². The summed E-state index contributed by atoms with van der Waals surface area (Å²) in [6, 6.07) is 18.6. The molecule has 160 valence electrons. The van der Waals surface area contributed by atoms with E-state index in [4.69, 9.17) is 0 Å². The lowest BCUT2D eigenvalue weighted by atomic mass is 9.74. The highest BCUT2D eigenvalue weighted by Crippen LogP contribution is 2.36. The number of piperidine rings is 2. The van der Waals surface area contributed by atoms with E-state index in [-0.39, 0.29) is 17.9 Å². The number of aliphatic hydroxyl groups excluding tert-OH is 1. The van der Waals surface area contributed by atoms with E-state index in [1.807, 2.05) is 23.1 Å². The third-order valence-corrected chi connectivity index (χ3v) is 7.07. The van der Waals surface area contributed by atoms with Crippen LogP contribution in [0, 0.1) is 5.41 Å². The van der Waals surface area contributed by atoms with Gasteiger partial charge in [-0.3, -0.25) is 4.79 Å². The van der Waals surface area contributed by atoms with Gasteiger partial charge in [0.05, 0.1) is 0 Å². The van der Waals surface area contributed by atoms with E-state index in [0.717, 1.165) is 57.4 Å². The van der Waals surface area contributed by atoms with Gasteiger partial charge in [0.2, 0.25) is 0 Å². The number of benzene rings is 2. The molecule has 4 nitrogen and oxygen atoms in total. The number of carbonyl (C=O) groups is 1. The molecule has 2 aromatic carbocycles. The molecule has 2 saturated heterocycles. The quantitative estimate of drug-likeness (QED) is 0.767. The Morgan fingerprint density at radius 3 is 2.17 bits per heavy atom. The van der Waals surface area contributed by atoms with E-state index < -0.39 is 0 Å². The molecule has 0 radical (unpaired) electrons. The molecule has 0 bridgehead atoms. The zero-order valence-electron chi connectivity index (χ0n) is 17.9. The van der Waals surface area contributed by atoms with Crippen LogP contribution in [0.4, 0.5) is 5.69 Å². The lowest BCUT2D eigenvalue weighted by molar-refractivity contribution is 0.0315. The molecule has 1 amide bonds. The van der Waals surface area contributed by atoms with Crippen molar-refractivity contribution in [2.24, 2.45) is 5.41 Å². The Bertz CT molecular complexity index is 805. The van der Waals surface area contributed by atoms with Crippen molar-refractivity contribution in [1.29, 1.82) is 0 Å². The Labute approximate surface area is 180 Å². The van der Waals surface area contributed by atoms with Crippen LogP contribution in [0.3, 0.4) is 0 Å². The average Bonchev–Trinajstić information content (AvgIpc) is 2.84. The summed E-state index contributed by atoms with van der Waals surface area (Å²) in [5, 5.41) is 10.1. The molecule has 0 spiro atoms. The zero-order chi connectivity index (χ0) is 20.8. The van der Waals surface area contributed by atoms with E-state index in [2.05, 4.69) is 41.3 Å². The second kappa shape index (κ2) is 9.65. The van der Waals surface area contributed by atoms with Gasteiger partial charge in [0.25, 0.3) is 5.91 Å². The van der Waals surface area contributed by atoms with Gasteiger partial charge in [-0.2, -0.15) is 0 Å². The van der Waals surface area contributed by atoms with Crippen molar-refractivity contribution in [3.05, 3.63) is 65.7 Å². The largest absolute Gasteiger partial charge is 0.396 e. The summed E-state index contributed by atoms with van der Waals surface area (Å²) in [6.45, 7) is 3.88. The Kier molecular flexibility index (Phi) is 6.73. The molecule has 0 saturated carbocycles. The number of hydrogen-bond acceptors (Lipinski definition) is 3. The lowest BCUT2D eigenvalue weighted by Crippen LogP contribution is -2.45. The Hall–Kier alpha value is -2.33. The molecule has 30 heavy (non-hydrogen) atoms. The number of hydrogen-bond donors (Lipinski definition) is 1. The first-order chi connectivity index (χ1) is 14.7. The van der Waals surface area contributed by atoms with Crippen LogP contribution in [0.1, 0.15) is 54.4 Å². The van der Waals surface area contributed by atoms with E-state index in [9.17, 15) is 9.90 Å². The second-order valence-corrected chi connectivity index (χ2v) is 9.03. The summed E-state index contributed by atoms with van der Waals surface area (Å²) in [7, 11) is 0. The Balaban J connectivity index is 1.33. The maximum absolute atomic E-state index is 13.0. The van der Waals surface area contributed by atoms with Gasteiger partial charge >= 0.3 is 0 Å². The van der Waals surface area contributed by atoms with Crippen LogP contribution in [-0.2, 0) is 6.42 Å². The minimum Gasteiger partial charge on any atom is -0.396 e. The minimum atomic E-state index is -0.0647. The normalized spacial score (nSPS) is 19.0. The standard InChI is InChI=1S/C26H34N2O2/c29-21-26(14-13-22-7-3-1-4-8-22)15-19-28(20-16-26)25(30)23-9-11-24(12-10-23)27-17-5-2-6-18-27/h1,3-4,7-12,29H,2,5-6,13-21H2. The number of aryl methyl sites for hydroxylation is 1. The first-order valence-corrected chi connectivity index (χ1v) is 11.5. The van der Waals surface area contributed by atoms with E-state index in [1.54, 1.807) is 0 Å². The molecule has 2 fully saturated rings. The number of aliphatic hydroxyl groups is 1. The van der Waals surface area contributed by atoms with Gasteiger partial charge in [0.1, 0.15) is 0 Å². The van der Waals surface area contributed by atoms with Gasteiger partial charge in [-0.1, -0.05) is 30.3 Å². The van der Waals surface area contributed by atoms with Crippen molar-refractivity contribution in [1.82, 2.24) is 4.90 Å². The predicted molar refractivity (Wildman–Crippen MR) is 122 cm³/mol. The van der Waals surface area contributed by atoms with Gasteiger partial charge in [0.15, 0.2) is 0 Å². The summed E-state index contributed by atoms with van der Waals surface area (Å²) >= 11 is 0. The number of nitrogens with zero attached hydrogens (tertiary/aromatic N) is 2. The molecular formula is C26H34N2O2. The number of carbonyl (C=O) groups excluding carboxylic acids is 1. The van der Waals surface area contributed by atoms with Crippen molar-refractivity contribution >= 4 is 11.6 Å². The fourth-order valence-electron chi connectivity index (χ4n) is 4.88. The summed E-state index contributed by atoms with van der Waals surface area (Å²) in [6.07, 6.45) is 7.52. The summed E-state index contributed by atoms with van der Waals surface area (Å²) in [4.78, 5) is 17.4. The molecule has 2 aromatic rings.